The Hall–Kier alpha value is -1.85. The molecular weight excluding hydrogens is 312 g/mol. The summed E-state index contributed by atoms with van der Waals surface area (Å²) >= 11 is 6.03. The smallest absolute Gasteiger partial charge is 0.254 e. The molecule has 1 aromatic carbocycles. The van der Waals surface area contributed by atoms with E-state index in [0.29, 0.717) is 16.5 Å². The van der Waals surface area contributed by atoms with Gasteiger partial charge in [-0.25, -0.2) is 4.68 Å². The number of hydrogen-bond acceptors (Lipinski definition) is 3. The van der Waals surface area contributed by atoms with Crippen LogP contribution in [0.15, 0.2) is 30.5 Å². The fourth-order valence-corrected chi connectivity index (χ4v) is 3.16. The van der Waals surface area contributed by atoms with Crippen molar-refractivity contribution in [3.8, 4) is 5.69 Å². The van der Waals surface area contributed by atoms with Gasteiger partial charge in [-0.05, 0) is 50.6 Å². The molecule has 1 amide bonds. The van der Waals surface area contributed by atoms with Gasteiger partial charge in [-0.1, -0.05) is 24.6 Å². The van der Waals surface area contributed by atoms with Crippen LogP contribution in [-0.2, 0) is 0 Å². The number of benzene rings is 1. The Bertz CT molecular complexity index is 712. The van der Waals surface area contributed by atoms with E-state index in [0.717, 1.165) is 30.9 Å². The molecule has 2 N–H and O–H groups in total. The number of piperidine rings is 1. The summed E-state index contributed by atoms with van der Waals surface area (Å²) in [5, 5.41) is 11.5. The lowest BCUT2D eigenvalue weighted by atomic mass is 9.95. The Kier molecular flexibility index (Phi) is 4.68. The van der Waals surface area contributed by atoms with Crippen molar-refractivity contribution in [1.82, 2.24) is 20.4 Å². The summed E-state index contributed by atoms with van der Waals surface area (Å²) in [4.78, 5) is 12.6. The van der Waals surface area contributed by atoms with Crippen molar-refractivity contribution in [2.45, 2.75) is 26.3 Å². The first-order chi connectivity index (χ1) is 11.1. The van der Waals surface area contributed by atoms with Crippen LogP contribution in [0.25, 0.3) is 5.69 Å². The molecule has 1 saturated heterocycles. The van der Waals surface area contributed by atoms with Gasteiger partial charge >= 0.3 is 0 Å². The van der Waals surface area contributed by atoms with Gasteiger partial charge in [0, 0.05) is 11.1 Å². The third kappa shape index (κ3) is 3.41. The van der Waals surface area contributed by atoms with Gasteiger partial charge < -0.3 is 10.6 Å². The zero-order valence-corrected chi connectivity index (χ0v) is 14.1. The number of amides is 1. The summed E-state index contributed by atoms with van der Waals surface area (Å²) in [7, 11) is 0. The van der Waals surface area contributed by atoms with Crippen LogP contribution < -0.4 is 10.6 Å². The molecule has 0 bridgehead atoms. The number of hydrogen-bond donors (Lipinski definition) is 2. The third-order valence-electron chi connectivity index (χ3n) is 4.41. The molecule has 1 aromatic heterocycles. The maximum absolute atomic E-state index is 12.6. The SMILES string of the molecule is Cc1c(C(=O)NC2CCNCC2C)cnn1-c1cccc(Cl)c1. The molecule has 0 radical (unpaired) electrons. The molecule has 0 aliphatic carbocycles. The zero-order valence-electron chi connectivity index (χ0n) is 13.3. The molecule has 23 heavy (non-hydrogen) atoms. The molecule has 0 spiro atoms. The van der Waals surface area contributed by atoms with E-state index in [2.05, 4.69) is 22.7 Å². The largest absolute Gasteiger partial charge is 0.349 e. The van der Waals surface area contributed by atoms with Gasteiger partial charge in [0.25, 0.3) is 5.91 Å². The van der Waals surface area contributed by atoms with Crippen LogP contribution in [0.1, 0.15) is 29.4 Å². The Morgan fingerprint density at radius 3 is 3.04 bits per heavy atom. The predicted octanol–water partition coefficient (Wildman–Crippen LogP) is 2.56. The van der Waals surface area contributed by atoms with E-state index in [1.54, 1.807) is 10.9 Å². The first kappa shape index (κ1) is 16.0. The first-order valence-electron chi connectivity index (χ1n) is 7.88. The van der Waals surface area contributed by atoms with Crippen LogP contribution in [0, 0.1) is 12.8 Å². The lowest BCUT2D eigenvalue weighted by Crippen LogP contribution is -2.48. The molecular formula is C17H21ClN4O. The maximum atomic E-state index is 12.6. The second kappa shape index (κ2) is 6.72. The van der Waals surface area contributed by atoms with Crippen molar-refractivity contribution in [3.05, 3.63) is 46.7 Å². The normalized spacial score (nSPS) is 21.2. The Morgan fingerprint density at radius 1 is 1.48 bits per heavy atom. The van der Waals surface area contributed by atoms with Crippen LogP contribution in [0.2, 0.25) is 5.02 Å². The fourth-order valence-electron chi connectivity index (χ4n) is 2.98. The minimum Gasteiger partial charge on any atom is -0.349 e. The highest BCUT2D eigenvalue weighted by Crippen LogP contribution is 2.18. The maximum Gasteiger partial charge on any atom is 0.254 e. The summed E-state index contributed by atoms with van der Waals surface area (Å²) in [6.45, 7) is 5.93. The molecule has 1 aliphatic heterocycles. The van der Waals surface area contributed by atoms with Crippen molar-refractivity contribution in [1.29, 1.82) is 0 Å². The highest BCUT2D eigenvalue weighted by atomic mass is 35.5. The second-order valence-corrected chi connectivity index (χ2v) is 6.52. The molecule has 2 heterocycles. The topological polar surface area (TPSA) is 59.0 Å². The van der Waals surface area contributed by atoms with Gasteiger partial charge in [0.1, 0.15) is 0 Å². The molecule has 3 rings (SSSR count). The summed E-state index contributed by atoms with van der Waals surface area (Å²) in [6, 6.07) is 7.64. The summed E-state index contributed by atoms with van der Waals surface area (Å²) in [5.41, 5.74) is 2.27. The van der Waals surface area contributed by atoms with Gasteiger partial charge in [-0.3, -0.25) is 4.79 Å². The van der Waals surface area contributed by atoms with Crippen LogP contribution in [0.5, 0.6) is 0 Å². The van der Waals surface area contributed by atoms with Crippen molar-refractivity contribution in [2.75, 3.05) is 13.1 Å². The van der Waals surface area contributed by atoms with Gasteiger partial charge in [0.05, 0.1) is 23.1 Å². The number of nitrogens with one attached hydrogen (secondary N) is 2. The first-order valence-corrected chi connectivity index (χ1v) is 8.26. The van der Waals surface area contributed by atoms with E-state index >= 15 is 0 Å². The molecule has 2 aromatic rings. The number of aromatic nitrogens is 2. The number of carbonyl (C=O) groups is 1. The molecule has 1 aliphatic rings. The van der Waals surface area contributed by atoms with E-state index in [-0.39, 0.29) is 11.9 Å². The summed E-state index contributed by atoms with van der Waals surface area (Å²) in [6.07, 6.45) is 2.58. The average Bonchev–Trinajstić information content (AvgIpc) is 2.91. The van der Waals surface area contributed by atoms with Gasteiger partial charge in [0.2, 0.25) is 0 Å². The number of rotatable bonds is 3. The lowest BCUT2D eigenvalue weighted by Gasteiger charge is -2.30. The van der Waals surface area contributed by atoms with Crippen LogP contribution in [0.3, 0.4) is 0 Å². The van der Waals surface area contributed by atoms with Gasteiger partial charge in [-0.15, -0.1) is 0 Å². The minimum atomic E-state index is -0.0606. The van der Waals surface area contributed by atoms with E-state index in [9.17, 15) is 4.79 Å². The number of nitrogens with zero attached hydrogens (tertiary/aromatic N) is 2. The Labute approximate surface area is 141 Å². The number of carbonyl (C=O) groups excluding carboxylic acids is 1. The summed E-state index contributed by atoms with van der Waals surface area (Å²) in [5.74, 6) is 0.366. The van der Waals surface area contributed by atoms with E-state index < -0.39 is 0 Å². The van der Waals surface area contributed by atoms with Crippen LogP contribution in [-0.4, -0.2) is 34.8 Å². The Balaban J connectivity index is 1.80. The minimum absolute atomic E-state index is 0.0606. The highest BCUT2D eigenvalue weighted by molar-refractivity contribution is 6.30. The molecule has 6 heteroatoms. The number of halogens is 1. The molecule has 1 fully saturated rings. The monoisotopic (exact) mass is 332 g/mol. The molecule has 2 unspecified atom stereocenters. The molecule has 2 atom stereocenters. The summed E-state index contributed by atoms with van der Waals surface area (Å²) < 4.78 is 1.74. The van der Waals surface area contributed by atoms with Crippen LogP contribution >= 0.6 is 11.6 Å². The third-order valence-corrected chi connectivity index (χ3v) is 4.64. The molecule has 5 nitrogen and oxygen atoms in total. The van der Waals surface area contributed by atoms with Crippen LogP contribution in [0.4, 0.5) is 0 Å². The van der Waals surface area contributed by atoms with Crippen molar-refractivity contribution >= 4 is 17.5 Å². The van der Waals surface area contributed by atoms with E-state index in [1.165, 1.54) is 0 Å². The zero-order chi connectivity index (χ0) is 16.4. The fraction of sp³-hybridized carbons (Fsp3) is 0.412. The quantitative estimate of drug-likeness (QED) is 0.908. The lowest BCUT2D eigenvalue weighted by molar-refractivity contribution is 0.0913. The van der Waals surface area contributed by atoms with Crippen molar-refractivity contribution < 1.29 is 4.79 Å². The highest BCUT2D eigenvalue weighted by Gasteiger charge is 2.24. The second-order valence-electron chi connectivity index (χ2n) is 6.09. The van der Waals surface area contributed by atoms with Gasteiger partial charge in [0.15, 0.2) is 0 Å². The van der Waals surface area contributed by atoms with E-state index in [1.807, 2.05) is 31.2 Å². The van der Waals surface area contributed by atoms with Gasteiger partial charge in [-0.2, -0.15) is 5.10 Å². The van der Waals surface area contributed by atoms with Crippen molar-refractivity contribution in [3.63, 3.8) is 0 Å². The average molecular weight is 333 g/mol. The molecule has 122 valence electrons. The Morgan fingerprint density at radius 2 is 2.30 bits per heavy atom. The van der Waals surface area contributed by atoms with E-state index in [4.69, 9.17) is 11.6 Å². The standard InChI is InChI=1S/C17H21ClN4O/c1-11-9-19-7-6-16(11)21-17(23)15-10-20-22(12(15)2)14-5-3-4-13(18)8-14/h3-5,8,10-11,16,19H,6-7,9H2,1-2H3,(H,21,23). The van der Waals surface area contributed by atoms with Crippen molar-refractivity contribution in [2.24, 2.45) is 5.92 Å². The molecule has 0 saturated carbocycles. The predicted molar refractivity (Wildman–Crippen MR) is 91.2 cm³/mol.